The molecule has 1 saturated carbocycles. The van der Waals surface area contributed by atoms with Gasteiger partial charge in [0.05, 0.1) is 15.6 Å². The molecule has 1 aromatic carbocycles. The minimum Gasteiger partial charge on any atom is -0.397 e. The Kier molecular flexibility index (Phi) is 3.47. The van der Waals surface area contributed by atoms with E-state index in [1.807, 2.05) is 0 Å². The van der Waals surface area contributed by atoms with Crippen LogP contribution in [0.3, 0.4) is 0 Å². The Balaban J connectivity index is 2.40. The van der Waals surface area contributed by atoms with Gasteiger partial charge in [0.2, 0.25) is 10.0 Å². The van der Waals surface area contributed by atoms with Gasteiger partial charge in [-0.1, -0.05) is 11.6 Å². The lowest BCUT2D eigenvalue weighted by molar-refractivity contribution is -0.160. The van der Waals surface area contributed by atoms with Crippen LogP contribution in [0.2, 0.25) is 5.02 Å². The summed E-state index contributed by atoms with van der Waals surface area (Å²) < 4.78 is 64.4. The normalized spacial score (nSPS) is 18.1. The van der Waals surface area contributed by atoms with Gasteiger partial charge in [0.1, 0.15) is 5.54 Å². The number of alkyl halides is 3. The summed E-state index contributed by atoms with van der Waals surface area (Å²) in [6.07, 6.45) is -5.15. The summed E-state index contributed by atoms with van der Waals surface area (Å²) >= 11 is 5.73. The molecule has 0 atom stereocenters. The summed E-state index contributed by atoms with van der Waals surface area (Å²) in [6, 6.07) is 2.37. The predicted molar refractivity (Wildman–Crippen MR) is 68.9 cm³/mol. The third-order valence-corrected chi connectivity index (χ3v) is 5.21. The lowest BCUT2D eigenvalue weighted by Gasteiger charge is -2.21. The first kappa shape index (κ1) is 15.4. The van der Waals surface area contributed by atoms with Crippen molar-refractivity contribution in [1.82, 2.24) is 4.72 Å². The van der Waals surface area contributed by atoms with Crippen LogP contribution in [0.5, 0.6) is 0 Å². The Morgan fingerprint density at radius 2 is 1.90 bits per heavy atom. The number of nitrogen functional groups attached to an aromatic ring is 1. The lowest BCUT2D eigenvalue weighted by Crippen LogP contribution is -2.47. The second-order valence-electron chi connectivity index (χ2n) is 4.82. The van der Waals surface area contributed by atoms with Crippen LogP contribution < -0.4 is 10.5 Å². The van der Waals surface area contributed by atoms with Crippen molar-refractivity contribution >= 4 is 27.3 Å². The first-order chi connectivity index (χ1) is 8.98. The van der Waals surface area contributed by atoms with Crippen molar-refractivity contribution in [3.05, 3.63) is 22.7 Å². The Morgan fingerprint density at radius 1 is 1.35 bits per heavy atom. The molecule has 0 bridgehead atoms. The van der Waals surface area contributed by atoms with E-state index < -0.39 is 21.7 Å². The number of sulfonamides is 1. The minimum atomic E-state index is -4.62. The smallest absolute Gasteiger partial charge is 0.397 e. The van der Waals surface area contributed by atoms with Crippen LogP contribution in [0.25, 0.3) is 0 Å². The summed E-state index contributed by atoms with van der Waals surface area (Å²) in [6.45, 7) is 1.44. The number of halogens is 4. The molecule has 1 aliphatic carbocycles. The number of nitrogens with one attached hydrogen (secondary N) is 1. The topological polar surface area (TPSA) is 72.2 Å². The van der Waals surface area contributed by atoms with Crippen LogP contribution >= 0.6 is 11.6 Å². The molecule has 0 radical (unpaired) electrons. The number of anilines is 1. The largest absolute Gasteiger partial charge is 0.407 e. The molecule has 0 unspecified atom stereocenters. The average molecular weight is 329 g/mol. The van der Waals surface area contributed by atoms with E-state index in [1.165, 1.54) is 13.0 Å². The van der Waals surface area contributed by atoms with Gasteiger partial charge in [0.25, 0.3) is 0 Å². The highest BCUT2D eigenvalue weighted by atomic mass is 35.5. The zero-order valence-corrected chi connectivity index (χ0v) is 12.0. The van der Waals surface area contributed by atoms with Gasteiger partial charge in [-0.25, -0.2) is 8.42 Å². The van der Waals surface area contributed by atoms with Gasteiger partial charge in [-0.15, -0.1) is 0 Å². The van der Waals surface area contributed by atoms with Crippen LogP contribution in [0.1, 0.15) is 18.4 Å². The molecule has 3 N–H and O–H groups in total. The van der Waals surface area contributed by atoms with E-state index in [1.54, 1.807) is 4.72 Å². The Hall–Kier alpha value is -0.990. The minimum absolute atomic E-state index is 0.00510. The van der Waals surface area contributed by atoms with Crippen LogP contribution in [0.4, 0.5) is 18.9 Å². The number of aryl methyl sites for hydroxylation is 1. The van der Waals surface area contributed by atoms with Crippen molar-refractivity contribution in [3.63, 3.8) is 0 Å². The molecule has 112 valence electrons. The Bertz CT molecular complexity index is 654. The maximum atomic E-state index is 12.8. The van der Waals surface area contributed by atoms with Gasteiger partial charge in [0, 0.05) is 0 Å². The zero-order valence-electron chi connectivity index (χ0n) is 10.4. The van der Waals surface area contributed by atoms with Gasteiger partial charge >= 0.3 is 6.18 Å². The van der Waals surface area contributed by atoms with E-state index in [4.69, 9.17) is 17.3 Å². The van der Waals surface area contributed by atoms with Gasteiger partial charge < -0.3 is 5.73 Å². The Morgan fingerprint density at radius 3 is 2.35 bits per heavy atom. The predicted octanol–water partition coefficient (Wildman–Crippen LogP) is 2.60. The van der Waals surface area contributed by atoms with Crippen LogP contribution in [-0.2, 0) is 10.0 Å². The molecule has 4 nitrogen and oxygen atoms in total. The molecule has 2 rings (SSSR count). The molecule has 0 saturated heterocycles. The SMILES string of the molecule is Cc1cc(Cl)c(N)cc1S(=O)(=O)NC1(C(F)(F)F)CC1. The quantitative estimate of drug-likeness (QED) is 0.838. The van der Waals surface area contributed by atoms with E-state index in [-0.39, 0.29) is 34.0 Å². The molecular weight excluding hydrogens is 317 g/mol. The zero-order chi connectivity index (χ0) is 15.3. The van der Waals surface area contributed by atoms with Crippen LogP contribution in [0.15, 0.2) is 17.0 Å². The maximum Gasteiger partial charge on any atom is 0.407 e. The average Bonchev–Trinajstić information content (AvgIpc) is 3.02. The van der Waals surface area contributed by atoms with E-state index in [9.17, 15) is 21.6 Å². The number of hydrogen-bond donors (Lipinski definition) is 2. The van der Waals surface area contributed by atoms with E-state index in [0.717, 1.165) is 6.07 Å². The number of hydrogen-bond acceptors (Lipinski definition) is 3. The van der Waals surface area contributed by atoms with Gasteiger partial charge in [-0.05, 0) is 37.5 Å². The molecule has 20 heavy (non-hydrogen) atoms. The van der Waals surface area contributed by atoms with Crippen LogP contribution in [0, 0.1) is 6.92 Å². The molecule has 0 aliphatic heterocycles. The third kappa shape index (κ3) is 2.59. The van der Waals surface area contributed by atoms with Crippen molar-refractivity contribution in [2.75, 3.05) is 5.73 Å². The number of nitrogens with two attached hydrogens (primary N) is 1. The summed E-state index contributed by atoms with van der Waals surface area (Å²) in [5.74, 6) is 0. The highest BCUT2D eigenvalue weighted by Crippen LogP contribution is 2.49. The molecule has 0 spiro atoms. The Labute approximate surface area is 119 Å². The van der Waals surface area contributed by atoms with Crippen molar-refractivity contribution in [3.8, 4) is 0 Å². The first-order valence-corrected chi connectivity index (χ1v) is 7.51. The van der Waals surface area contributed by atoms with Crippen LogP contribution in [-0.4, -0.2) is 20.1 Å². The number of rotatable bonds is 3. The lowest BCUT2D eigenvalue weighted by atomic mass is 10.2. The molecule has 1 fully saturated rings. The fraction of sp³-hybridized carbons (Fsp3) is 0.455. The molecule has 9 heteroatoms. The van der Waals surface area contributed by atoms with Crippen molar-refractivity contribution in [2.45, 2.75) is 36.4 Å². The maximum absolute atomic E-state index is 12.8. The van der Waals surface area contributed by atoms with E-state index in [2.05, 4.69) is 0 Å². The third-order valence-electron chi connectivity index (χ3n) is 3.21. The van der Waals surface area contributed by atoms with Gasteiger partial charge in [0.15, 0.2) is 0 Å². The standard InChI is InChI=1S/C11H12ClF3N2O2S/c1-6-4-7(12)8(16)5-9(6)20(18,19)17-10(2-3-10)11(13,14)15/h4-5,17H,2-3,16H2,1H3. The summed E-state index contributed by atoms with van der Waals surface area (Å²) in [5.41, 5.74) is 3.38. The molecule has 0 heterocycles. The second-order valence-corrected chi connectivity index (χ2v) is 6.88. The van der Waals surface area contributed by atoms with E-state index in [0.29, 0.717) is 0 Å². The highest BCUT2D eigenvalue weighted by molar-refractivity contribution is 7.89. The summed E-state index contributed by atoms with van der Waals surface area (Å²) in [7, 11) is -4.32. The molecule has 1 aliphatic rings. The first-order valence-electron chi connectivity index (χ1n) is 5.65. The summed E-state index contributed by atoms with van der Waals surface area (Å²) in [4.78, 5) is -0.296. The highest BCUT2D eigenvalue weighted by Gasteiger charge is 2.65. The molecule has 1 aromatic rings. The van der Waals surface area contributed by atoms with Gasteiger partial charge in [-0.2, -0.15) is 17.9 Å². The monoisotopic (exact) mass is 328 g/mol. The van der Waals surface area contributed by atoms with Crippen molar-refractivity contribution < 1.29 is 21.6 Å². The van der Waals surface area contributed by atoms with Gasteiger partial charge in [-0.3, -0.25) is 0 Å². The van der Waals surface area contributed by atoms with Crippen molar-refractivity contribution in [2.24, 2.45) is 0 Å². The fourth-order valence-corrected chi connectivity index (χ4v) is 3.77. The van der Waals surface area contributed by atoms with Crippen molar-refractivity contribution in [1.29, 1.82) is 0 Å². The molecule has 0 aromatic heterocycles. The number of benzene rings is 1. The summed E-state index contributed by atoms with van der Waals surface area (Å²) in [5, 5.41) is 0.151. The van der Waals surface area contributed by atoms with E-state index >= 15 is 0 Å². The molecule has 0 amide bonds. The fourth-order valence-electron chi connectivity index (χ4n) is 1.84. The second kappa shape index (κ2) is 4.51. The molecular formula is C11H12ClF3N2O2S.